The Bertz CT molecular complexity index is 778. The van der Waals surface area contributed by atoms with E-state index in [2.05, 4.69) is 31.3 Å². The maximum Gasteiger partial charge on any atom is 0.241 e. The van der Waals surface area contributed by atoms with E-state index in [9.17, 15) is 0 Å². The average Bonchev–Trinajstić information content (AvgIpc) is 2.52. The lowest BCUT2D eigenvalue weighted by atomic mass is 10.2. The number of nitrogen functional groups attached to an aromatic ring is 1. The van der Waals surface area contributed by atoms with Gasteiger partial charge in [-0.15, -0.1) is 0 Å². The number of ether oxygens (including phenoxy) is 1. The second-order valence-electron chi connectivity index (χ2n) is 4.43. The van der Waals surface area contributed by atoms with Crippen molar-refractivity contribution in [3.63, 3.8) is 0 Å². The van der Waals surface area contributed by atoms with Crippen LogP contribution in [0.5, 0.6) is 5.88 Å². The van der Waals surface area contributed by atoms with Crippen LogP contribution in [-0.4, -0.2) is 9.97 Å². The normalized spacial score (nSPS) is 10.6. The van der Waals surface area contributed by atoms with Crippen LogP contribution in [0.1, 0.15) is 5.56 Å². The first kappa shape index (κ1) is 13.8. The van der Waals surface area contributed by atoms with Crippen LogP contribution >= 0.6 is 15.9 Å². The molecule has 1 aromatic heterocycles. The van der Waals surface area contributed by atoms with Crippen molar-refractivity contribution in [3.8, 4) is 5.88 Å². The van der Waals surface area contributed by atoms with Gasteiger partial charge in [0.05, 0.1) is 10.9 Å². The molecule has 5 nitrogen and oxygen atoms in total. The molecule has 106 valence electrons. The van der Waals surface area contributed by atoms with E-state index in [4.69, 9.17) is 10.6 Å². The Labute approximate surface area is 130 Å². The van der Waals surface area contributed by atoms with E-state index in [-0.39, 0.29) is 0 Å². The first-order valence-corrected chi connectivity index (χ1v) is 7.16. The summed E-state index contributed by atoms with van der Waals surface area (Å²) in [5, 5.41) is 0.853. The molecule has 3 aromatic rings. The predicted molar refractivity (Wildman–Crippen MR) is 85.8 cm³/mol. The first-order valence-electron chi connectivity index (χ1n) is 6.37. The van der Waals surface area contributed by atoms with Gasteiger partial charge in [0, 0.05) is 4.47 Å². The lowest BCUT2D eigenvalue weighted by Crippen LogP contribution is -2.11. The smallest absolute Gasteiger partial charge is 0.241 e. The summed E-state index contributed by atoms with van der Waals surface area (Å²) >= 11 is 3.44. The molecular formula is C15H13BrN4O. The van der Waals surface area contributed by atoms with Gasteiger partial charge >= 0.3 is 0 Å². The Morgan fingerprint density at radius 1 is 1.10 bits per heavy atom. The van der Waals surface area contributed by atoms with Crippen molar-refractivity contribution >= 4 is 32.8 Å². The molecule has 0 aliphatic carbocycles. The second kappa shape index (κ2) is 6.07. The summed E-state index contributed by atoms with van der Waals surface area (Å²) in [6.45, 7) is 0.421. The summed E-state index contributed by atoms with van der Waals surface area (Å²) in [4.78, 5) is 8.56. The van der Waals surface area contributed by atoms with Crippen molar-refractivity contribution in [1.29, 1.82) is 0 Å². The van der Waals surface area contributed by atoms with Crippen LogP contribution in [0.25, 0.3) is 10.9 Å². The number of aromatic nitrogens is 2. The molecule has 0 saturated carbocycles. The van der Waals surface area contributed by atoms with Crippen LogP contribution < -0.4 is 16.0 Å². The summed E-state index contributed by atoms with van der Waals surface area (Å²) in [5.74, 6) is 6.24. The zero-order valence-electron chi connectivity index (χ0n) is 11.1. The summed E-state index contributed by atoms with van der Waals surface area (Å²) in [6, 6.07) is 15.6. The highest BCUT2D eigenvalue weighted by atomic mass is 79.9. The predicted octanol–water partition coefficient (Wildman–Crippen LogP) is 3.26. The Morgan fingerprint density at radius 2 is 1.95 bits per heavy atom. The quantitative estimate of drug-likeness (QED) is 0.561. The fourth-order valence-corrected chi connectivity index (χ4v) is 2.45. The summed E-state index contributed by atoms with van der Waals surface area (Å²) < 4.78 is 6.85. The van der Waals surface area contributed by atoms with E-state index in [0.29, 0.717) is 18.4 Å². The number of nitrogens with one attached hydrogen (secondary N) is 1. The molecular weight excluding hydrogens is 332 g/mol. The molecule has 0 radical (unpaired) electrons. The average molecular weight is 345 g/mol. The van der Waals surface area contributed by atoms with Gasteiger partial charge in [0.1, 0.15) is 6.61 Å². The Morgan fingerprint density at radius 3 is 2.76 bits per heavy atom. The van der Waals surface area contributed by atoms with Crippen LogP contribution in [0.15, 0.2) is 53.0 Å². The molecule has 0 unspecified atom stereocenters. The topological polar surface area (TPSA) is 73.1 Å². The summed E-state index contributed by atoms with van der Waals surface area (Å²) in [6.07, 6.45) is 0. The number of rotatable bonds is 4. The fourth-order valence-electron chi connectivity index (χ4n) is 2.00. The summed E-state index contributed by atoms with van der Waals surface area (Å²) in [5.41, 5.74) is 4.29. The lowest BCUT2D eigenvalue weighted by molar-refractivity contribution is 0.298. The number of nitrogens with zero attached hydrogens (tertiary/aromatic N) is 2. The fraction of sp³-hybridized carbons (Fsp3) is 0.0667. The van der Waals surface area contributed by atoms with Crippen LogP contribution in [0.3, 0.4) is 0 Å². The standard InChI is InChI=1S/C15H13BrN4O/c16-11-5-3-4-10(8-11)9-21-14-12-6-1-2-7-13(12)18-15(19-14)20-17/h1-8H,9,17H2,(H,18,19,20). The van der Waals surface area contributed by atoms with Crippen LogP contribution in [0, 0.1) is 0 Å². The van der Waals surface area contributed by atoms with E-state index in [1.165, 1.54) is 0 Å². The van der Waals surface area contributed by atoms with Gasteiger partial charge < -0.3 is 4.74 Å². The Kier molecular flexibility index (Phi) is 3.98. The van der Waals surface area contributed by atoms with Crippen LogP contribution in [0.2, 0.25) is 0 Å². The molecule has 0 atom stereocenters. The molecule has 3 N–H and O–H groups in total. The van der Waals surface area contributed by atoms with Gasteiger partial charge in [0.25, 0.3) is 0 Å². The molecule has 0 amide bonds. The molecule has 6 heteroatoms. The number of fused-ring (bicyclic) bond motifs is 1. The van der Waals surface area contributed by atoms with Crippen molar-refractivity contribution in [2.24, 2.45) is 5.84 Å². The monoisotopic (exact) mass is 344 g/mol. The van der Waals surface area contributed by atoms with Crippen molar-refractivity contribution in [3.05, 3.63) is 58.6 Å². The van der Waals surface area contributed by atoms with Crippen molar-refractivity contribution in [2.45, 2.75) is 6.61 Å². The Hall–Kier alpha value is -2.18. The summed E-state index contributed by atoms with van der Waals surface area (Å²) in [7, 11) is 0. The van der Waals surface area contributed by atoms with E-state index < -0.39 is 0 Å². The largest absolute Gasteiger partial charge is 0.472 e. The van der Waals surface area contributed by atoms with E-state index in [0.717, 1.165) is 20.9 Å². The maximum absolute atomic E-state index is 5.84. The molecule has 0 spiro atoms. The van der Waals surface area contributed by atoms with Gasteiger partial charge in [0.15, 0.2) is 0 Å². The molecule has 1 heterocycles. The highest BCUT2D eigenvalue weighted by molar-refractivity contribution is 9.10. The van der Waals surface area contributed by atoms with E-state index in [1.807, 2.05) is 48.5 Å². The number of nitrogens with two attached hydrogens (primary N) is 1. The van der Waals surface area contributed by atoms with Crippen molar-refractivity contribution in [1.82, 2.24) is 9.97 Å². The van der Waals surface area contributed by atoms with Crippen molar-refractivity contribution in [2.75, 3.05) is 5.43 Å². The molecule has 0 aliphatic heterocycles. The molecule has 3 rings (SSSR count). The third kappa shape index (κ3) is 3.12. The number of hydrogen-bond acceptors (Lipinski definition) is 5. The third-order valence-corrected chi connectivity index (χ3v) is 3.46. The number of para-hydroxylation sites is 1. The highest BCUT2D eigenvalue weighted by Gasteiger charge is 2.08. The van der Waals surface area contributed by atoms with Crippen LogP contribution in [-0.2, 0) is 6.61 Å². The Balaban J connectivity index is 1.92. The molecule has 0 fully saturated rings. The number of hydrazine groups is 1. The minimum Gasteiger partial charge on any atom is -0.472 e. The molecule has 0 aliphatic rings. The third-order valence-electron chi connectivity index (χ3n) is 2.96. The van der Waals surface area contributed by atoms with Crippen molar-refractivity contribution < 1.29 is 4.74 Å². The van der Waals surface area contributed by atoms with Gasteiger partial charge in [-0.3, -0.25) is 5.43 Å². The van der Waals surface area contributed by atoms with Gasteiger partial charge in [-0.05, 0) is 29.8 Å². The zero-order valence-corrected chi connectivity index (χ0v) is 12.7. The van der Waals surface area contributed by atoms with E-state index >= 15 is 0 Å². The molecule has 0 saturated heterocycles. The molecule has 21 heavy (non-hydrogen) atoms. The van der Waals surface area contributed by atoms with Crippen LogP contribution in [0.4, 0.5) is 5.95 Å². The van der Waals surface area contributed by atoms with Gasteiger partial charge in [-0.1, -0.05) is 40.2 Å². The minimum atomic E-state index is 0.331. The maximum atomic E-state index is 5.84. The zero-order chi connectivity index (χ0) is 14.7. The number of hydrogen-bond donors (Lipinski definition) is 2. The number of benzene rings is 2. The molecule has 0 bridgehead atoms. The first-order chi connectivity index (χ1) is 10.3. The van der Waals surface area contributed by atoms with Gasteiger partial charge in [-0.2, -0.15) is 4.98 Å². The number of anilines is 1. The SMILES string of the molecule is NNc1nc(OCc2cccc(Br)c2)c2ccccc2n1. The second-order valence-corrected chi connectivity index (χ2v) is 5.35. The molecule has 2 aromatic carbocycles. The number of halogens is 1. The highest BCUT2D eigenvalue weighted by Crippen LogP contribution is 2.24. The van der Waals surface area contributed by atoms with E-state index in [1.54, 1.807) is 0 Å². The minimum absolute atomic E-state index is 0.331. The van der Waals surface area contributed by atoms with Gasteiger partial charge in [0.2, 0.25) is 11.8 Å². The lowest BCUT2D eigenvalue weighted by Gasteiger charge is -2.10. The van der Waals surface area contributed by atoms with Gasteiger partial charge in [-0.25, -0.2) is 10.8 Å².